The average molecular weight is 380 g/mol. The number of piperidine rings is 1. The summed E-state index contributed by atoms with van der Waals surface area (Å²) in [5.74, 6) is 0.619. The molecule has 0 saturated carbocycles. The van der Waals surface area contributed by atoms with Gasteiger partial charge >= 0.3 is 10.2 Å². The molecule has 0 aromatic heterocycles. The van der Waals surface area contributed by atoms with Gasteiger partial charge in [0.1, 0.15) is 0 Å². The third kappa shape index (κ3) is 3.36. The summed E-state index contributed by atoms with van der Waals surface area (Å²) in [5.41, 5.74) is 0.650. The van der Waals surface area contributed by atoms with Gasteiger partial charge in [0.15, 0.2) is 0 Å². The van der Waals surface area contributed by atoms with Crippen molar-refractivity contribution < 1.29 is 8.42 Å². The Kier molecular flexibility index (Phi) is 4.50. The van der Waals surface area contributed by atoms with Crippen LogP contribution in [-0.4, -0.2) is 25.8 Å². The number of rotatable bonds is 3. The Bertz CT molecular complexity index is 511. The van der Waals surface area contributed by atoms with Crippen molar-refractivity contribution in [1.29, 1.82) is 0 Å². The highest BCUT2D eigenvalue weighted by molar-refractivity contribution is 14.1. The summed E-state index contributed by atoms with van der Waals surface area (Å²) in [5, 5.41) is 0. The summed E-state index contributed by atoms with van der Waals surface area (Å²) in [6.45, 7) is 3.39. The molecule has 1 aromatic carbocycles. The number of anilines is 1. The molecule has 0 atom stereocenters. The molecule has 1 aliphatic rings. The zero-order valence-electron chi connectivity index (χ0n) is 10.3. The van der Waals surface area contributed by atoms with E-state index in [1.54, 1.807) is 6.07 Å². The van der Waals surface area contributed by atoms with Crippen LogP contribution in [0.2, 0.25) is 0 Å². The molecule has 0 bridgehead atoms. The van der Waals surface area contributed by atoms with Gasteiger partial charge in [-0.15, -0.1) is 0 Å². The van der Waals surface area contributed by atoms with Crippen LogP contribution in [0.4, 0.5) is 5.69 Å². The highest BCUT2D eigenvalue weighted by Crippen LogP contribution is 2.22. The normalized spacial score (nSPS) is 18.8. The number of nitrogens with one attached hydrogen (secondary N) is 1. The molecule has 0 aliphatic carbocycles. The molecule has 0 amide bonds. The average Bonchev–Trinajstić information content (AvgIpc) is 2.32. The Morgan fingerprint density at radius 1 is 1.28 bits per heavy atom. The molecule has 1 fully saturated rings. The third-order valence-electron chi connectivity index (χ3n) is 3.20. The van der Waals surface area contributed by atoms with Crippen LogP contribution in [0.3, 0.4) is 0 Å². The topological polar surface area (TPSA) is 49.4 Å². The lowest BCUT2D eigenvalue weighted by Crippen LogP contribution is -2.41. The standard InChI is InChI=1S/C12H17IN2O2S/c1-10-6-8-15(9-7-10)18(16,17)14-12-5-3-2-4-11(12)13/h2-5,10,14H,6-9H2,1H3. The SMILES string of the molecule is CC1CCN(S(=O)(=O)Nc2ccccc2I)CC1. The van der Waals surface area contributed by atoms with Crippen molar-refractivity contribution in [3.05, 3.63) is 27.8 Å². The number of hydrogen-bond donors (Lipinski definition) is 1. The molecular weight excluding hydrogens is 363 g/mol. The maximum absolute atomic E-state index is 12.2. The van der Waals surface area contributed by atoms with E-state index in [9.17, 15) is 8.42 Å². The van der Waals surface area contributed by atoms with E-state index in [2.05, 4.69) is 34.2 Å². The Labute approximate surface area is 122 Å². The lowest BCUT2D eigenvalue weighted by atomic mass is 10.0. The lowest BCUT2D eigenvalue weighted by Gasteiger charge is -2.29. The van der Waals surface area contributed by atoms with Gasteiger partial charge in [-0.25, -0.2) is 0 Å². The van der Waals surface area contributed by atoms with Crippen molar-refractivity contribution in [1.82, 2.24) is 4.31 Å². The van der Waals surface area contributed by atoms with E-state index in [0.717, 1.165) is 16.4 Å². The molecule has 0 radical (unpaired) electrons. The van der Waals surface area contributed by atoms with Crippen LogP contribution in [0.25, 0.3) is 0 Å². The van der Waals surface area contributed by atoms with Crippen molar-refractivity contribution >= 4 is 38.5 Å². The van der Waals surface area contributed by atoms with Crippen molar-refractivity contribution in [2.45, 2.75) is 19.8 Å². The van der Waals surface area contributed by atoms with Gasteiger partial charge in [-0.2, -0.15) is 12.7 Å². The molecule has 4 nitrogen and oxygen atoms in total. The Hall–Kier alpha value is -0.340. The van der Waals surface area contributed by atoms with E-state index in [0.29, 0.717) is 24.7 Å². The summed E-state index contributed by atoms with van der Waals surface area (Å²) in [6, 6.07) is 7.39. The molecule has 0 unspecified atom stereocenters. The molecule has 1 heterocycles. The second-order valence-corrected chi connectivity index (χ2v) is 7.50. The van der Waals surface area contributed by atoms with Crippen LogP contribution in [-0.2, 0) is 10.2 Å². The lowest BCUT2D eigenvalue weighted by molar-refractivity contribution is 0.289. The zero-order chi connectivity index (χ0) is 13.2. The van der Waals surface area contributed by atoms with E-state index in [-0.39, 0.29) is 0 Å². The fourth-order valence-corrected chi connectivity index (χ4v) is 3.95. The maximum Gasteiger partial charge on any atom is 0.301 e. The predicted octanol–water partition coefficient (Wildman–Crippen LogP) is 2.68. The van der Waals surface area contributed by atoms with E-state index in [1.807, 2.05) is 18.2 Å². The highest BCUT2D eigenvalue weighted by Gasteiger charge is 2.26. The van der Waals surface area contributed by atoms with Crippen LogP contribution < -0.4 is 4.72 Å². The minimum absolute atomic E-state index is 0.611. The largest absolute Gasteiger partial charge is 0.301 e. The monoisotopic (exact) mass is 380 g/mol. The first-order valence-electron chi connectivity index (χ1n) is 6.01. The fraction of sp³-hybridized carbons (Fsp3) is 0.500. The maximum atomic E-state index is 12.2. The second kappa shape index (κ2) is 5.75. The number of hydrogen-bond acceptors (Lipinski definition) is 2. The zero-order valence-corrected chi connectivity index (χ0v) is 13.2. The van der Waals surface area contributed by atoms with Crippen LogP contribution >= 0.6 is 22.6 Å². The number of halogens is 1. The molecule has 1 saturated heterocycles. The molecule has 1 N–H and O–H groups in total. The minimum Gasteiger partial charge on any atom is -0.270 e. The summed E-state index contributed by atoms with van der Waals surface area (Å²) in [4.78, 5) is 0. The van der Waals surface area contributed by atoms with E-state index in [4.69, 9.17) is 0 Å². The van der Waals surface area contributed by atoms with Crippen molar-refractivity contribution in [3.63, 3.8) is 0 Å². The summed E-state index contributed by atoms with van der Waals surface area (Å²) in [6.07, 6.45) is 1.87. The third-order valence-corrected chi connectivity index (χ3v) is 5.66. The highest BCUT2D eigenvalue weighted by atomic mass is 127. The van der Waals surface area contributed by atoms with Gasteiger partial charge in [-0.1, -0.05) is 19.1 Å². The summed E-state index contributed by atoms with van der Waals surface area (Å²) in [7, 11) is -3.40. The summed E-state index contributed by atoms with van der Waals surface area (Å²) >= 11 is 2.13. The fourth-order valence-electron chi connectivity index (χ4n) is 1.97. The first-order chi connectivity index (χ1) is 8.49. The first-order valence-corrected chi connectivity index (χ1v) is 8.53. The molecule has 0 spiro atoms. The number of benzene rings is 1. The Balaban J connectivity index is 2.10. The summed E-state index contributed by atoms with van der Waals surface area (Å²) < 4.78 is 29.6. The van der Waals surface area contributed by atoms with Crippen molar-refractivity contribution in [2.75, 3.05) is 17.8 Å². The number of para-hydroxylation sites is 1. The molecule has 6 heteroatoms. The molecule has 18 heavy (non-hydrogen) atoms. The van der Waals surface area contributed by atoms with E-state index in [1.165, 1.54) is 4.31 Å². The van der Waals surface area contributed by atoms with Gasteiger partial charge in [0.2, 0.25) is 0 Å². The molecule has 100 valence electrons. The number of nitrogens with zero attached hydrogens (tertiary/aromatic N) is 1. The Morgan fingerprint density at radius 3 is 2.50 bits per heavy atom. The first kappa shape index (κ1) is 14.1. The molecule has 2 rings (SSSR count). The second-order valence-electron chi connectivity index (χ2n) is 4.67. The van der Waals surface area contributed by atoms with Gasteiger partial charge < -0.3 is 0 Å². The van der Waals surface area contributed by atoms with Gasteiger partial charge in [-0.05, 0) is 53.5 Å². The van der Waals surface area contributed by atoms with Crippen molar-refractivity contribution in [3.8, 4) is 0 Å². The van der Waals surface area contributed by atoms with Crippen LogP contribution in [0, 0.1) is 9.49 Å². The quantitative estimate of drug-likeness (QED) is 0.820. The van der Waals surface area contributed by atoms with Crippen LogP contribution in [0.1, 0.15) is 19.8 Å². The Morgan fingerprint density at radius 2 is 1.89 bits per heavy atom. The predicted molar refractivity (Wildman–Crippen MR) is 81.7 cm³/mol. The van der Waals surface area contributed by atoms with E-state index >= 15 is 0 Å². The molecule has 1 aliphatic heterocycles. The van der Waals surface area contributed by atoms with E-state index < -0.39 is 10.2 Å². The van der Waals surface area contributed by atoms with Gasteiger partial charge in [-0.3, -0.25) is 4.72 Å². The minimum atomic E-state index is -3.40. The van der Waals surface area contributed by atoms with Crippen LogP contribution in [0.5, 0.6) is 0 Å². The van der Waals surface area contributed by atoms with Crippen LogP contribution in [0.15, 0.2) is 24.3 Å². The molecular formula is C12H17IN2O2S. The molecule has 1 aromatic rings. The van der Waals surface area contributed by atoms with Crippen molar-refractivity contribution in [2.24, 2.45) is 5.92 Å². The van der Waals surface area contributed by atoms with Gasteiger partial charge in [0.05, 0.1) is 5.69 Å². The smallest absolute Gasteiger partial charge is 0.270 e. The van der Waals surface area contributed by atoms with Gasteiger partial charge in [0, 0.05) is 16.7 Å². The van der Waals surface area contributed by atoms with Gasteiger partial charge in [0.25, 0.3) is 0 Å².